The number of halogens is 1. The van der Waals surface area contributed by atoms with Crippen LogP contribution in [0, 0.1) is 0 Å². The Morgan fingerprint density at radius 3 is 1.94 bits per heavy atom. The van der Waals surface area contributed by atoms with E-state index < -0.39 is 14.6 Å². The highest BCUT2D eigenvalue weighted by atomic mass is 35.5. The van der Waals surface area contributed by atoms with Crippen LogP contribution in [0.25, 0.3) is 0 Å². The molecule has 0 amide bonds. The van der Waals surface area contributed by atoms with Gasteiger partial charge in [0.1, 0.15) is 0 Å². The molecule has 0 aliphatic carbocycles. The maximum absolute atomic E-state index is 12.1. The summed E-state index contributed by atoms with van der Waals surface area (Å²) in [6, 6.07) is 0.430. The molecule has 3 nitrogen and oxygen atoms in total. The third-order valence-corrected chi connectivity index (χ3v) is 6.17. The van der Waals surface area contributed by atoms with E-state index in [1.54, 1.807) is 20.8 Å². The summed E-state index contributed by atoms with van der Waals surface area (Å²) in [7, 11) is -3.05. The van der Waals surface area contributed by atoms with Gasteiger partial charge in [-0.1, -0.05) is 13.8 Å². The van der Waals surface area contributed by atoms with Gasteiger partial charge in [0, 0.05) is 25.0 Å². The molecule has 0 fully saturated rings. The molecule has 18 heavy (non-hydrogen) atoms. The molecule has 0 heterocycles. The van der Waals surface area contributed by atoms with Gasteiger partial charge in [-0.25, -0.2) is 8.42 Å². The van der Waals surface area contributed by atoms with Crippen molar-refractivity contribution >= 4 is 21.4 Å². The van der Waals surface area contributed by atoms with Crippen molar-refractivity contribution in [1.29, 1.82) is 0 Å². The minimum Gasteiger partial charge on any atom is -0.298 e. The maximum atomic E-state index is 12.1. The molecule has 0 aromatic rings. The van der Waals surface area contributed by atoms with Crippen LogP contribution < -0.4 is 0 Å². The number of hydrogen-bond donors (Lipinski definition) is 0. The van der Waals surface area contributed by atoms with Crippen LogP contribution in [-0.2, 0) is 9.84 Å². The minimum absolute atomic E-state index is 0.212. The second-order valence-corrected chi connectivity index (χ2v) is 8.87. The molecule has 5 heteroatoms. The summed E-state index contributed by atoms with van der Waals surface area (Å²) in [5.74, 6) is 0.760. The lowest BCUT2D eigenvalue weighted by molar-refractivity contribution is 0.208. The van der Waals surface area contributed by atoms with E-state index in [0.29, 0.717) is 18.5 Å². The highest BCUT2D eigenvalue weighted by molar-refractivity contribution is 7.92. The smallest absolute Gasteiger partial charge is 0.156 e. The first-order chi connectivity index (χ1) is 8.19. The molecule has 0 spiro atoms. The normalized spacial score (nSPS) is 13.6. The summed E-state index contributed by atoms with van der Waals surface area (Å²) in [5.41, 5.74) is 0. The van der Waals surface area contributed by atoms with Gasteiger partial charge in [-0.05, 0) is 33.6 Å². The Hall–Kier alpha value is 0.200. The molecule has 0 rings (SSSR count). The summed E-state index contributed by atoms with van der Waals surface area (Å²) in [5, 5.41) is 0. The van der Waals surface area contributed by atoms with Gasteiger partial charge in [-0.3, -0.25) is 4.90 Å². The molecular weight excluding hydrogens is 270 g/mol. The predicted molar refractivity (Wildman–Crippen MR) is 80.2 cm³/mol. The molecule has 0 N–H and O–H groups in total. The van der Waals surface area contributed by atoms with Crippen molar-refractivity contribution in [2.75, 3.05) is 24.7 Å². The Bertz CT molecular complexity index is 318. The maximum Gasteiger partial charge on any atom is 0.156 e. The van der Waals surface area contributed by atoms with Gasteiger partial charge in [0.25, 0.3) is 0 Å². The van der Waals surface area contributed by atoms with Crippen LogP contribution in [-0.4, -0.2) is 48.8 Å². The van der Waals surface area contributed by atoms with Crippen LogP contribution in [0.5, 0.6) is 0 Å². The fraction of sp³-hybridized carbons (Fsp3) is 1.00. The van der Waals surface area contributed by atoms with E-state index in [0.717, 1.165) is 19.4 Å². The van der Waals surface area contributed by atoms with Crippen LogP contribution in [0.2, 0.25) is 0 Å². The minimum atomic E-state index is -3.05. The third-order valence-electron chi connectivity index (χ3n) is 3.41. The lowest BCUT2D eigenvalue weighted by atomic mass is 10.1. The fourth-order valence-corrected chi connectivity index (χ4v) is 3.24. The van der Waals surface area contributed by atoms with Gasteiger partial charge in [0.2, 0.25) is 0 Å². The lowest BCUT2D eigenvalue weighted by Gasteiger charge is -2.30. The van der Waals surface area contributed by atoms with Crippen LogP contribution in [0.1, 0.15) is 47.5 Å². The highest BCUT2D eigenvalue weighted by Gasteiger charge is 2.29. The quantitative estimate of drug-likeness (QED) is 0.647. The van der Waals surface area contributed by atoms with Gasteiger partial charge in [-0.2, -0.15) is 0 Å². The number of rotatable bonds is 8. The lowest BCUT2D eigenvalue weighted by Crippen LogP contribution is -2.42. The number of alkyl halides is 1. The van der Waals surface area contributed by atoms with Crippen molar-refractivity contribution in [3.63, 3.8) is 0 Å². The van der Waals surface area contributed by atoms with Crippen molar-refractivity contribution < 1.29 is 8.42 Å². The average Bonchev–Trinajstić information content (AvgIpc) is 2.26. The first-order valence-corrected chi connectivity index (χ1v) is 8.90. The van der Waals surface area contributed by atoms with E-state index in [4.69, 9.17) is 11.6 Å². The second kappa shape index (κ2) is 7.71. The molecule has 0 unspecified atom stereocenters. The van der Waals surface area contributed by atoms with E-state index in [1.165, 1.54) is 0 Å². The zero-order valence-electron chi connectivity index (χ0n) is 12.4. The number of sulfone groups is 1. The molecule has 110 valence electrons. The third kappa shape index (κ3) is 5.45. The molecule has 0 bridgehead atoms. The Kier molecular flexibility index (Phi) is 7.79. The van der Waals surface area contributed by atoms with Gasteiger partial charge >= 0.3 is 0 Å². The van der Waals surface area contributed by atoms with Crippen molar-refractivity contribution in [1.82, 2.24) is 4.90 Å². The predicted octanol–water partition coefficient (Wildman–Crippen LogP) is 2.93. The number of nitrogens with zero attached hydrogens (tertiary/aromatic N) is 1. The monoisotopic (exact) mass is 297 g/mol. The molecule has 0 aliphatic heterocycles. The first-order valence-electron chi connectivity index (χ1n) is 6.71. The molecule has 0 radical (unpaired) electrons. The van der Waals surface area contributed by atoms with Gasteiger partial charge in [-0.15, -0.1) is 11.6 Å². The summed E-state index contributed by atoms with van der Waals surface area (Å²) in [6.07, 6.45) is 2.06. The average molecular weight is 298 g/mol. The van der Waals surface area contributed by atoms with E-state index in [2.05, 4.69) is 18.7 Å². The van der Waals surface area contributed by atoms with Crippen molar-refractivity contribution in [3.05, 3.63) is 0 Å². The first kappa shape index (κ1) is 18.2. The Labute approximate surface area is 118 Å². The van der Waals surface area contributed by atoms with Crippen LogP contribution in [0.4, 0.5) is 0 Å². The van der Waals surface area contributed by atoms with Crippen molar-refractivity contribution in [3.8, 4) is 0 Å². The largest absolute Gasteiger partial charge is 0.298 e. The zero-order chi connectivity index (χ0) is 14.4. The molecular formula is C13H28ClNO2S. The molecule has 0 saturated heterocycles. The van der Waals surface area contributed by atoms with Gasteiger partial charge in [0.15, 0.2) is 9.84 Å². The highest BCUT2D eigenvalue weighted by Crippen LogP contribution is 2.17. The summed E-state index contributed by atoms with van der Waals surface area (Å²) in [4.78, 5) is 2.20. The van der Waals surface area contributed by atoms with E-state index in [1.807, 2.05) is 0 Å². The van der Waals surface area contributed by atoms with Crippen LogP contribution in [0.3, 0.4) is 0 Å². The summed E-state index contributed by atoms with van der Waals surface area (Å²) in [6.45, 7) is 10.9. The summed E-state index contributed by atoms with van der Waals surface area (Å²) >= 11 is 5.80. The van der Waals surface area contributed by atoms with Crippen molar-refractivity contribution in [2.24, 2.45) is 0 Å². The standard InChI is InChI=1S/C13H28ClNO2S/c1-6-12(7-2)15(9-8-14)10-11-18(16,17)13(3,4)5/h12H,6-11H2,1-5H3. The van der Waals surface area contributed by atoms with Gasteiger partial charge in [0.05, 0.1) is 10.5 Å². The van der Waals surface area contributed by atoms with Crippen molar-refractivity contribution in [2.45, 2.75) is 58.2 Å². The van der Waals surface area contributed by atoms with Crippen LogP contribution in [0.15, 0.2) is 0 Å². The Morgan fingerprint density at radius 2 is 1.61 bits per heavy atom. The fourth-order valence-electron chi connectivity index (χ4n) is 1.93. The number of hydrogen-bond acceptors (Lipinski definition) is 3. The van der Waals surface area contributed by atoms with E-state index in [9.17, 15) is 8.42 Å². The molecule has 0 aliphatic rings. The Morgan fingerprint density at radius 1 is 1.11 bits per heavy atom. The topological polar surface area (TPSA) is 37.4 Å². The van der Waals surface area contributed by atoms with E-state index >= 15 is 0 Å². The van der Waals surface area contributed by atoms with E-state index in [-0.39, 0.29) is 5.75 Å². The second-order valence-electron chi connectivity index (χ2n) is 5.63. The SMILES string of the molecule is CCC(CC)N(CCCl)CCS(=O)(=O)C(C)(C)C. The molecule has 0 saturated carbocycles. The molecule has 0 aromatic heterocycles. The Balaban J connectivity index is 4.63. The zero-order valence-corrected chi connectivity index (χ0v) is 13.9. The molecule has 0 aromatic carbocycles. The summed E-state index contributed by atoms with van der Waals surface area (Å²) < 4.78 is 23.5. The van der Waals surface area contributed by atoms with Gasteiger partial charge < -0.3 is 0 Å². The van der Waals surface area contributed by atoms with Crippen LogP contribution >= 0.6 is 11.6 Å². The molecule has 0 atom stereocenters.